The van der Waals surface area contributed by atoms with Gasteiger partial charge < -0.3 is 30.0 Å². The topological polar surface area (TPSA) is 142 Å². The van der Waals surface area contributed by atoms with Crippen LogP contribution in [-0.2, 0) is 16.1 Å². The van der Waals surface area contributed by atoms with Gasteiger partial charge in [-0.3, -0.25) is 9.78 Å². The monoisotopic (exact) mass is 623 g/mol. The van der Waals surface area contributed by atoms with E-state index < -0.39 is 5.91 Å². The van der Waals surface area contributed by atoms with E-state index in [1.165, 1.54) is 6.08 Å². The molecule has 2 aliphatic rings. The molecule has 2 aromatic heterocycles. The Balaban J connectivity index is 1.23. The van der Waals surface area contributed by atoms with E-state index in [0.29, 0.717) is 55.2 Å². The van der Waals surface area contributed by atoms with Gasteiger partial charge in [-0.2, -0.15) is 10.5 Å². The second-order valence-electron chi connectivity index (χ2n) is 11.9. The third kappa shape index (κ3) is 6.32. The first-order valence-electron chi connectivity index (χ1n) is 15.7. The summed E-state index contributed by atoms with van der Waals surface area (Å²) in [5.41, 5.74) is 12.8. The zero-order chi connectivity index (χ0) is 32.3. The summed E-state index contributed by atoms with van der Waals surface area (Å²) >= 11 is 0. The van der Waals surface area contributed by atoms with E-state index in [2.05, 4.69) is 56.2 Å². The van der Waals surface area contributed by atoms with Crippen molar-refractivity contribution in [3.8, 4) is 17.9 Å². The molecule has 1 atom stereocenters. The first-order valence-corrected chi connectivity index (χ1v) is 15.7. The van der Waals surface area contributed by atoms with Gasteiger partial charge in [0.05, 0.1) is 47.3 Å². The highest BCUT2D eigenvalue weighted by molar-refractivity contribution is 6.00. The highest BCUT2D eigenvalue weighted by atomic mass is 16.5. The van der Waals surface area contributed by atoms with Crippen LogP contribution in [0.2, 0.25) is 0 Å². The number of nitrogens with zero attached hydrogens (tertiary/aromatic N) is 5. The van der Waals surface area contributed by atoms with Gasteiger partial charge in [-0.1, -0.05) is 17.7 Å². The molecule has 0 saturated carbocycles. The zero-order valence-electron chi connectivity index (χ0n) is 25.8. The number of aromatic nitrogens is 2. The van der Waals surface area contributed by atoms with Gasteiger partial charge in [0.2, 0.25) is 5.91 Å². The highest BCUT2D eigenvalue weighted by Gasteiger charge is 2.24. The Morgan fingerprint density at radius 1 is 1.11 bits per heavy atom. The van der Waals surface area contributed by atoms with E-state index >= 15 is 0 Å². The number of hydrogen-bond acceptors (Lipinski definition) is 8. The number of carbonyl (C=O) groups excluding carboxylic acids is 1. The SMILES string of the molecule is N#Cc1cccc(Cn2ccc3cc(Nc4c(C#N)cnc5cc(OC6CCOC6)c(N6CCC(=CC(N)=O)CC6)cc45)ccc32)c1. The van der Waals surface area contributed by atoms with Crippen molar-refractivity contribution in [1.29, 1.82) is 10.5 Å². The largest absolute Gasteiger partial charge is 0.486 e. The molecule has 2 aliphatic heterocycles. The van der Waals surface area contributed by atoms with Crippen molar-refractivity contribution in [2.24, 2.45) is 5.73 Å². The maximum Gasteiger partial charge on any atom is 0.241 e. The molecule has 2 fully saturated rings. The Hall–Kier alpha value is -5.84. The Morgan fingerprint density at radius 2 is 1.98 bits per heavy atom. The summed E-state index contributed by atoms with van der Waals surface area (Å²) < 4.78 is 14.2. The number of hydrogen-bond donors (Lipinski definition) is 2. The average molecular weight is 624 g/mol. The Bertz CT molecular complexity index is 2100. The molecular formula is C37H33N7O3. The first kappa shape index (κ1) is 29.8. The van der Waals surface area contributed by atoms with Gasteiger partial charge in [0.1, 0.15) is 17.9 Å². The zero-order valence-corrected chi connectivity index (χ0v) is 25.8. The number of ether oxygens (including phenoxy) is 2. The number of piperidine rings is 1. The van der Waals surface area contributed by atoms with Crippen LogP contribution in [0.1, 0.15) is 36.0 Å². The molecule has 5 aromatic rings. The van der Waals surface area contributed by atoms with Crippen LogP contribution in [0.15, 0.2) is 84.7 Å². The minimum Gasteiger partial charge on any atom is -0.486 e. The van der Waals surface area contributed by atoms with Crippen LogP contribution in [-0.4, -0.2) is 47.9 Å². The molecule has 0 spiro atoms. The molecule has 1 unspecified atom stereocenters. The van der Waals surface area contributed by atoms with Crippen LogP contribution in [0.5, 0.6) is 5.75 Å². The molecule has 7 rings (SSSR count). The smallest absolute Gasteiger partial charge is 0.241 e. The van der Waals surface area contributed by atoms with Crippen LogP contribution >= 0.6 is 0 Å². The molecular weight excluding hydrogens is 590 g/mol. The van der Waals surface area contributed by atoms with Crippen LogP contribution in [0.3, 0.4) is 0 Å². The first-order chi connectivity index (χ1) is 23.0. The van der Waals surface area contributed by atoms with Gasteiger partial charge in [0.15, 0.2) is 0 Å². The van der Waals surface area contributed by atoms with Crippen molar-refractivity contribution in [3.63, 3.8) is 0 Å². The number of nitrogens with one attached hydrogen (secondary N) is 1. The molecule has 3 N–H and O–H groups in total. The quantitative estimate of drug-likeness (QED) is 0.203. The standard InChI is InChI=1S/C37H33N7O3/c38-19-25-2-1-3-26(14-25)22-44-12-8-27-16-29(4-5-33(27)44)42-37-28(20-39)21-41-32-18-35(47-30-9-13-46-23-30)34(17-31(32)37)43-10-6-24(7-11-43)15-36(40)45/h1-5,8,12,14-18,21,30H,6-7,9-11,13,22-23H2,(H2,40,45)(H,41,42). The van der Waals surface area contributed by atoms with E-state index in [-0.39, 0.29) is 6.10 Å². The number of nitriles is 2. The molecule has 47 heavy (non-hydrogen) atoms. The summed E-state index contributed by atoms with van der Waals surface area (Å²) in [5, 5.41) is 24.8. The minimum atomic E-state index is -0.421. The van der Waals surface area contributed by atoms with E-state index in [1.54, 1.807) is 12.3 Å². The Morgan fingerprint density at radius 3 is 2.74 bits per heavy atom. The lowest BCUT2D eigenvalue weighted by atomic mass is 10.0. The van der Waals surface area contributed by atoms with Gasteiger partial charge in [0.25, 0.3) is 0 Å². The molecule has 234 valence electrons. The molecule has 10 nitrogen and oxygen atoms in total. The Kier molecular flexibility index (Phi) is 8.18. The fourth-order valence-corrected chi connectivity index (χ4v) is 6.43. The van der Waals surface area contributed by atoms with Crippen LogP contribution in [0.4, 0.5) is 17.1 Å². The Labute approximate surface area is 272 Å². The van der Waals surface area contributed by atoms with Crippen LogP contribution < -0.4 is 20.7 Å². The van der Waals surface area contributed by atoms with Crippen molar-refractivity contribution in [2.45, 2.75) is 31.9 Å². The fraction of sp³-hybridized carbons (Fsp3) is 0.243. The maximum atomic E-state index is 11.5. The second kappa shape index (κ2) is 12.9. The summed E-state index contributed by atoms with van der Waals surface area (Å²) in [4.78, 5) is 18.4. The van der Waals surface area contributed by atoms with Gasteiger partial charge >= 0.3 is 0 Å². The molecule has 0 bridgehead atoms. The minimum absolute atomic E-state index is 0.0494. The molecule has 10 heteroatoms. The number of carbonyl (C=O) groups is 1. The van der Waals surface area contributed by atoms with Crippen molar-refractivity contribution in [1.82, 2.24) is 9.55 Å². The molecule has 2 saturated heterocycles. The molecule has 0 radical (unpaired) electrons. The summed E-state index contributed by atoms with van der Waals surface area (Å²) in [6.07, 6.45) is 7.38. The third-order valence-corrected chi connectivity index (χ3v) is 8.79. The lowest BCUT2D eigenvalue weighted by Gasteiger charge is -2.32. The maximum absolute atomic E-state index is 11.5. The summed E-state index contributed by atoms with van der Waals surface area (Å²) in [6.45, 7) is 3.25. The van der Waals surface area contributed by atoms with Crippen molar-refractivity contribution < 1.29 is 14.3 Å². The van der Waals surface area contributed by atoms with Crippen molar-refractivity contribution in [2.75, 3.05) is 36.5 Å². The van der Waals surface area contributed by atoms with Crippen LogP contribution in [0, 0.1) is 22.7 Å². The normalized spacial score (nSPS) is 16.2. The van der Waals surface area contributed by atoms with E-state index in [0.717, 1.165) is 63.8 Å². The molecule has 1 amide bonds. The van der Waals surface area contributed by atoms with E-state index in [1.807, 2.05) is 36.5 Å². The van der Waals surface area contributed by atoms with Gasteiger partial charge in [-0.15, -0.1) is 0 Å². The number of fused-ring (bicyclic) bond motifs is 2. The number of amides is 1. The number of nitrogens with two attached hydrogens (primary N) is 1. The summed E-state index contributed by atoms with van der Waals surface area (Å²) in [6, 6.07) is 24.4. The van der Waals surface area contributed by atoms with Gasteiger partial charge in [0, 0.05) is 72.6 Å². The number of primary amides is 1. The number of anilines is 3. The predicted octanol–water partition coefficient (Wildman–Crippen LogP) is 5.90. The third-order valence-electron chi connectivity index (χ3n) is 8.79. The van der Waals surface area contributed by atoms with Gasteiger partial charge in [-0.25, -0.2) is 0 Å². The van der Waals surface area contributed by atoms with Crippen LogP contribution in [0.25, 0.3) is 21.8 Å². The number of benzene rings is 3. The van der Waals surface area contributed by atoms with Crippen molar-refractivity contribution in [3.05, 3.63) is 101 Å². The summed E-state index contributed by atoms with van der Waals surface area (Å²) in [5.74, 6) is 0.303. The molecule has 4 heterocycles. The lowest BCUT2D eigenvalue weighted by molar-refractivity contribution is -0.113. The predicted molar refractivity (Wildman–Crippen MR) is 181 cm³/mol. The van der Waals surface area contributed by atoms with Gasteiger partial charge in [-0.05, 0) is 60.9 Å². The fourth-order valence-electron chi connectivity index (χ4n) is 6.43. The second-order valence-corrected chi connectivity index (χ2v) is 11.9. The average Bonchev–Trinajstić information content (AvgIpc) is 3.75. The molecule has 3 aromatic carbocycles. The molecule has 0 aliphatic carbocycles. The van der Waals surface area contributed by atoms with Crippen molar-refractivity contribution >= 4 is 44.8 Å². The van der Waals surface area contributed by atoms with E-state index in [9.17, 15) is 15.3 Å². The number of pyridine rings is 1. The highest BCUT2D eigenvalue weighted by Crippen LogP contribution is 2.40. The number of rotatable bonds is 8. The summed E-state index contributed by atoms with van der Waals surface area (Å²) in [7, 11) is 0. The van der Waals surface area contributed by atoms with E-state index in [4.69, 9.17) is 15.2 Å². The lowest BCUT2D eigenvalue weighted by Crippen LogP contribution is -2.32.